The number of hydrogen-bond acceptors (Lipinski definition) is 3. The number of carbonyl (C=O) groups is 1. The average Bonchev–Trinajstić information content (AvgIpc) is 2.56. The fourth-order valence-electron chi connectivity index (χ4n) is 2.50. The Morgan fingerprint density at radius 3 is 2.65 bits per heavy atom. The smallest absolute Gasteiger partial charge is 0.226 e. The summed E-state index contributed by atoms with van der Waals surface area (Å²) in [7, 11) is 1.77. The summed E-state index contributed by atoms with van der Waals surface area (Å²) in [6.07, 6.45) is 0.102. The van der Waals surface area contributed by atoms with Crippen molar-refractivity contribution in [1.82, 2.24) is 4.90 Å². The van der Waals surface area contributed by atoms with E-state index in [0.717, 1.165) is 17.1 Å². The Morgan fingerprint density at radius 2 is 1.87 bits per heavy atom. The van der Waals surface area contributed by atoms with E-state index in [2.05, 4.69) is 0 Å². The Morgan fingerprint density at radius 1 is 1.17 bits per heavy atom. The van der Waals surface area contributed by atoms with E-state index in [1.807, 2.05) is 42.5 Å². The van der Waals surface area contributed by atoms with E-state index < -0.39 is 0 Å². The van der Waals surface area contributed by atoms with Gasteiger partial charge in [0.25, 0.3) is 0 Å². The van der Waals surface area contributed by atoms with Gasteiger partial charge in [-0.1, -0.05) is 41.9 Å². The molecule has 0 radical (unpaired) electrons. The second kappa shape index (κ2) is 6.92. The number of carbonyl (C=O) groups excluding carboxylic acids is 1. The summed E-state index contributed by atoms with van der Waals surface area (Å²) >= 11 is 6.11. The maximum atomic E-state index is 12.4. The van der Waals surface area contributed by atoms with Gasteiger partial charge in [-0.05, 0) is 23.8 Å². The van der Waals surface area contributed by atoms with Crippen LogP contribution in [0.3, 0.4) is 0 Å². The molecule has 5 heteroatoms. The van der Waals surface area contributed by atoms with Crippen molar-refractivity contribution in [2.75, 3.05) is 20.2 Å². The molecular formula is C18H18ClNO3. The molecule has 1 heterocycles. The Balaban J connectivity index is 1.58. The summed E-state index contributed by atoms with van der Waals surface area (Å²) in [6.45, 7) is 0.901. The molecule has 0 aliphatic carbocycles. The number of likely N-dealkylation sites (N-methyl/N-ethyl adjacent to an activating group) is 1. The van der Waals surface area contributed by atoms with Crippen molar-refractivity contribution in [2.24, 2.45) is 0 Å². The number of para-hydroxylation sites is 2. The van der Waals surface area contributed by atoms with Crippen LogP contribution in [-0.2, 0) is 11.2 Å². The lowest BCUT2D eigenvalue weighted by atomic mass is 10.1. The van der Waals surface area contributed by atoms with Gasteiger partial charge in [0, 0.05) is 12.1 Å². The standard InChI is InChI=1S/C18H18ClNO3/c1-20(18(21)10-13-6-2-3-7-15(13)19)11-14-12-22-16-8-4-5-9-17(16)23-14/h2-9,14H,10-12H2,1H3. The maximum absolute atomic E-state index is 12.4. The first kappa shape index (κ1) is 15.7. The van der Waals surface area contributed by atoms with Crippen LogP contribution < -0.4 is 9.47 Å². The molecule has 1 aliphatic rings. The van der Waals surface area contributed by atoms with Crippen molar-refractivity contribution in [3.05, 3.63) is 59.1 Å². The first-order valence-electron chi connectivity index (χ1n) is 7.49. The predicted molar refractivity (Wildman–Crippen MR) is 89.1 cm³/mol. The first-order chi connectivity index (χ1) is 11.1. The van der Waals surface area contributed by atoms with Crippen LogP contribution in [0.5, 0.6) is 11.5 Å². The van der Waals surface area contributed by atoms with Crippen molar-refractivity contribution < 1.29 is 14.3 Å². The molecule has 3 rings (SSSR count). The topological polar surface area (TPSA) is 38.8 Å². The van der Waals surface area contributed by atoms with Gasteiger partial charge in [0.15, 0.2) is 17.6 Å². The predicted octanol–water partition coefficient (Wildman–Crippen LogP) is 3.18. The zero-order chi connectivity index (χ0) is 16.2. The number of benzene rings is 2. The minimum Gasteiger partial charge on any atom is -0.486 e. The number of rotatable bonds is 4. The van der Waals surface area contributed by atoms with Gasteiger partial charge in [0.05, 0.1) is 13.0 Å². The largest absolute Gasteiger partial charge is 0.486 e. The third-order valence-electron chi connectivity index (χ3n) is 3.77. The summed E-state index contributed by atoms with van der Waals surface area (Å²) in [5, 5.41) is 0.612. The Hall–Kier alpha value is -2.20. The molecule has 2 aromatic rings. The molecule has 0 saturated carbocycles. The van der Waals surface area contributed by atoms with Crippen LogP contribution in [0.4, 0.5) is 0 Å². The van der Waals surface area contributed by atoms with E-state index >= 15 is 0 Å². The summed E-state index contributed by atoms with van der Waals surface area (Å²) in [5.41, 5.74) is 0.831. The van der Waals surface area contributed by atoms with Gasteiger partial charge in [-0.25, -0.2) is 0 Å². The number of halogens is 1. The quantitative estimate of drug-likeness (QED) is 0.863. The molecule has 120 valence electrons. The van der Waals surface area contributed by atoms with Gasteiger partial charge >= 0.3 is 0 Å². The van der Waals surface area contributed by atoms with Gasteiger partial charge in [-0.3, -0.25) is 4.79 Å². The third-order valence-corrected chi connectivity index (χ3v) is 4.14. The fourth-order valence-corrected chi connectivity index (χ4v) is 2.70. The molecule has 0 saturated heterocycles. The van der Waals surface area contributed by atoms with Crippen molar-refractivity contribution in [3.63, 3.8) is 0 Å². The van der Waals surface area contributed by atoms with Gasteiger partial charge in [-0.15, -0.1) is 0 Å². The lowest BCUT2D eigenvalue weighted by Crippen LogP contribution is -2.42. The molecule has 0 fully saturated rings. The fraction of sp³-hybridized carbons (Fsp3) is 0.278. The summed E-state index contributed by atoms with van der Waals surface area (Å²) in [4.78, 5) is 14.0. The molecule has 0 spiro atoms. The van der Waals surface area contributed by atoms with Crippen molar-refractivity contribution in [2.45, 2.75) is 12.5 Å². The Kier molecular flexibility index (Phi) is 4.72. The highest BCUT2D eigenvalue weighted by atomic mass is 35.5. The molecular weight excluding hydrogens is 314 g/mol. The van der Waals surface area contributed by atoms with E-state index in [1.165, 1.54) is 0 Å². The van der Waals surface area contributed by atoms with Crippen LogP contribution >= 0.6 is 11.6 Å². The van der Waals surface area contributed by atoms with Crippen LogP contribution in [0, 0.1) is 0 Å². The highest BCUT2D eigenvalue weighted by Crippen LogP contribution is 2.31. The highest BCUT2D eigenvalue weighted by molar-refractivity contribution is 6.31. The van der Waals surface area contributed by atoms with Crippen LogP contribution in [0.15, 0.2) is 48.5 Å². The van der Waals surface area contributed by atoms with Crippen molar-refractivity contribution >= 4 is 17.5 Å². The van der Waals surface area contributed by atoms with E-state index in [9.17, 15) is 4.79 Å². The molecule has 2 aromatic carbocycles. The average molecular weight is 332 g/mol. The molecule has 1 amide bonds. The first-order valence-corrected chi connectivity index (χ1v) is 7.87. The minimum absolute atomic E-state index is 0.000517. The van der Waals surface area contributed by atoms with Crippen LogP contribution in [-0.4, -0.2) is 37.1 Å². The van der Waals surface area contributed by atoms with Crippen LogP contribution in [0.2, 0.25) is 5.02 Å². The lowest BCUT2D eigenvalue weighted by Gasteiger charge is -2.29. The normalized spacial score (nSPS) is 16.0. The maximum Gasteiger partial charge on any atom is 0.226 e. The van der Waals surface area contributed by atoms with E-state index in [0.29, 0.717) is 18.2 Å². The summed E-state index contributed by atoms with van der Waals surface area (Å²) < 4.78 is 11.6. The number of nitrogens with zero attached hydrogens (tertiary/aromatic N) is 1. The van der Waals surface area contributed by atoms with E-state index in [4.69, 9.17) is 21.1 Å². The van der Waals surface area contributed by atoms with Crippen molar-refractivity contribution in [1.29, 1.82) is 0 Å². The molecule has 4 nitrogen and oxygen atoms in total. The highest BCUT2D eigenvalue weighted by Gasteiger charge is 2.23. The molecule has 1 aliphatic heterocycles. The van der Waals surface area contributed by atoms with Gasteiger partial charge in [0.2, 0.25) is 5.91 Å². The molecule has 0 bridgehead atoms. The van der Waals surface area contributed by atoms with Crippen LogP contribution in [0.25, 0.3) is 0 Å². The number of ether oxygens (including phenoxy) is 2. The molecule has 1 unspecified atom stereocenters. The second-order valence-electron chi connectivity index (χ2n) is 5.54. The van der Waals surface area contributed by atoms with Gasteiger partial charge in [0.1, 0.15) is 6.61 Å². The molecule has 23 heavy (non-hydrogen) atoms. The van der Waals surface area contributed by atoms with Gasteiger partial charge in [-0.2, -0.15) is 0 Å². The lowest BCUT2D eigenvalue weighted by molar-refractivity contribution is -0.130. The monoisotopic (exact) mass is 331 g/mol. The third kappa shape index (κ3) is 3.77. The van der Waals surface area contributed by atoms with Crippen LogP contribution in [0.1, 0.15) is 5.56 Å². The minimum atomic E-state index is -0.176. The Bertz CT molecular complexity index is 704. The SMILES string of the molecule is CN(CC1COc2ccccc2O1)C(=O)Cc1ccccc1Cl. The van der Waals surface area contributed by atoms with Gasteiger partial charge < -0.3 is 14.4 Å². The zero-order valence-corrected chi connectivity index (χ0v) is 13.6. The molecule has 0 aromatic heterocycles. The number of fused-ring (bicyclic) bond motifs is 1. The Labute approximate surface area is 140 Å². The van der Waals surface area contributed by atoms with E-state index in [-0.39, 0.29) is 18.4 Å². The molecule has 0 N–H and O–H groups in total. The van der Waals surface area contributed by atoms with Crippen molar-refractivity contribution in [3.8, 4) is 11.5 Å². The zero-order valence-electron chi connectivity index (χ0n) is 12.9. The summed E-state index contributed by atoms with van der Waals surface area (Å²) in [6, 6.07) is 14.9. The molecule has 1 atom stereocenters. The number of amides is 1. The number of hydrogen-bond donors (Lipinski definition) is 0. The second-order valence-corrected chi connectivity index (χ2v) is 5.95. The van der Waals surface area contributed by atoms with E-state index in [1.54, 1.807) is 18.0 Å². The summed E-state index contributed by atoms with van der Waals surface area (Å²) in [5.74, 6) is 1.46.